The number of halogens is 2. The Morgan fingerprint density at radius 1 is 1.14 bits per heavy atom. The van der Waals surface area contributed by atoms with Gasteiger partial charge in [-0.3, -0.25) is 4.79 Å². The van der Waals surface area contributed by atoms with Gasteiger partial charge in [0.1, 0.15) is 11.1 Å². The fourth-order valence-electron chi connectivity index (χ4n) is 1.84. The van der Waals surface area contributed by atoms with Crippen LogP contribution in [-0.2, 0) is 9.84 Å². The zero-order valence-corrected chi connectivity index (χ0v) is 12.7. The van der Waals surface area contributed by atoms with Crippen LogP contribution >= 0.6 is 11.6 Å². The molecule has 0 saturated carbocycles. The molecule has 21 heavy (non-hydrogen) atoms. The topological polar surface area (TPSA) is 51.2 Å². The van der Waals surface area contributed by atoms with Crippen LogP contribution in [0, 0.1) is 5.82 Å². The van der Waals surface area contributed by atoms with Gasteiger partial charge in [-0.15, -0.1) is 0 Å². The smallest absolute Gasteiger partial charge is 0.188 e. The van der Waals surface area contributed by atoms with Crippen LogP contribution in [0.1, 0.15) is 17.3 Å². The number of carbonyl (C=O) groups excluding carboxylic acids is 1. The highest BCUT2D eigenvalue weighted by molar-refractivity contribution is 7.92. The summed E-state index contributed by atoms with van der Waals surface area (Å²) in [4.78, 5) is 12.0. The van der Waals surface area contributed by atoms with E-state index in [9.17, 15) is 17.6 Å². The second-order valence-corrected chi connectivity index (χ2v) is 7.22. The summed E-state index contributed by atoms with van der Waals surface area (Å²) < 4.78 is 37.9. The van der Waals surface area contributed by atoms with E-state index in [0.717, 1.165) is 12.1 Å². The van der Waals surface area contributed by atoms with Gasteiger partial charge < -0.3 is 0 Å². The minimum absolute atomic E-state index is 0.211. The molecule has 0 aliphatic rings. The molecule has 1 atom stereocenters. The summed E-state index contributed by atoms with van der Waals surface area (Å²) >= 11 is 5.73. The van der Waals surface area contributed by atoms with Gasteiger partial charge in [0.15, 0.2) is 15.6 Å². The molecule has 2 aromatic carbocycles. The summed E-state index contributed by atoms with van der Waals surface area (Å²) in [7, 11) is -3.94. The van der Waals surface area contributed by atoms with Crippen LogP contribution < -0.4 is 0 Å². The molecule has 0 aliphatic heterocycles. The van der Waals surface area contributed by atoms with E-state index in [1.807, 2.05) is 0 Å². The van der Waals surface area contributed by atoms with Crippen molar-refractivity contribution in [3.63, 3.8) is 0 Å². The molecule has 0 radical (unpaired) electrons. The number of Topliss-reactive ketones (excluding diaryl/α,β-unsaturated/α-hetero) is 1. The maximum atomic E-state index is 13.2. The minimum Gasteiger partial charge on any atom is -0.293 e. The first kappa shape index (κ1) is 15.7. The van der Waals surface area contributed by atoms with E-state index in [-0.39, 0.29) is 10.5 Å². The molecule has 6 heteroatoms. The van der Waals surface area contributed by atoms with E-state index in [0.29, 0.717) is 5.02 Å². The molecule has 3 nitrogen and oxygen atoms in total. The first-order chi connectivity index (χ1) is 9.82. The number of hydrogen-bond acceptors (Lipinski definition) is 3. The van der Waals surface area contributed by atoms with Crippen molar-refractivity contribution in [2.24, 2.45) is 0 Å². The van der Waals surface area contributed by atoms with Crippen molar-refractivity contribution in [2.75, 3.05) is 0 Å². The average molecular weight is 327 g/mol. The lowest BCUT2D eigenvalue weighted by Crippen LogP contribution is -2.27. The van der Waals surface area contributed by atoms with Crippen molar-refractivity contribution < 1.29 is 17.6 Å². The third kappa shape index (κ3) is 3.31. The monoisotopic (exact) mass is 326 g/mol. The molecule has 0 amide bonds. The Labute approximate surface area is 127 Å². The van der Waals surface area contributed by atoms with Crippen LogP contribution in [0.15, 0.2) is 53.4 Å². The van der Waals surface area contributed by atoms with E-state index < -0.39 is 26.7 Å². The van der Waals surface area contributed by atoms with Crippen molar-refractivity contribution in [3.8, 4) is 0 Å². The largest absolute Gasteiger partial charge is 0.293 e. The number of rotatable bonds is 4. The lowest BCUT2D eigenvalue weighted by molar-refractivity contribution is 0.0991. The molecule has 0 saturated heterocycles. The van der Waals surface area contributed by atoms with Gasteiger partial charge in [-0.05, 0) is 49.4 Å². The predicted molar refractivity (Wildman–Crippen MR) is 78.8 cm³/mol. The molecule has 0 spiro atoms. The third-order valence-electron chi connectivity index (χ3n) is 3.09. The Balaban J connectivity index is 2.36. The SMILES string of the molecule is CC(C(=O)c1ccc(Cl)cc1)S(=O)(=O)c1cccc(F)c1. The highest BCUT2D eigenvalue weighted by atomic mass is 35.5. The molecule has 0 aliphatic carbocycles. The molecule has 0 fully saturated rings. The molecule has 2 aromatic rings. The lowest BCUT2D eigenvalue weighted by atomic mass is 10.1. The van der Waals surface area contributed by atoms with Gasteiger partial charge in [-0.25, -0.2) is 12.8 Å². The van der Waals surface area contributed by atoms with Crippen LogP contribution in [0.2, 0.25) is 5.02 Å². The second kappa shape index (κ2) is 5.95. The molecule has 110 valence electrons. The van der Waals surface area contributed by atoms with Gasteiger partial charge in [0.05, 0.1) is 4.90 Å². The Hall–Kier alpha value is -1.72. The van der Waals surface area contributed by atoms with Gasteiger partial charge in [0.2, 0.25) is 0 Å². The zero-order chi connectivity index (χ0) is 15.6. The van der Waals surface area contributed by atoms with Gasteiger partial charge in [0, 0.05) is 10.6 Å². The fraction of sp³-hybridized carbons (Fsp3) is 0.133. The maximum Gasteiger partial charge on any atom is 0.188 e. The standard InChI is InChI=1S/C15H12ClFO3S/c1-10(15(18)11-5-7-12(16)8-6-11)21(19,20)14-4-2-3-13(17)9-14/h2-10H,1H3. The van der Waals surface area contributed by atoms with Gasteiger partial charge >= 0.3 is 0 Å². The molecule has 0 bridgehead atoms. The van der Waals surface area contributed by atoms with E-state index in [4.69, 9.17) is 11.6 Å². The summed E-state index contributed by atoms with van der Waals surface area (Å²) in [5, 5.41) is -0.854. The Bertz CT molecular complexity index is 770. The van der Waals surface area contributed by atoms with Gasteiger partial charge in [-0.1, -0.05) is 17.7 Å². The fourth-order valence-corrected chi connectivity index (χ4v) is 3.34. The van der Waals surface area contributed by atoms with Gasteiger partial charge in [0.25, 0.3) is 0 Å². The number of benzene rings is 2. The van der Waals surface area contributed by atoms with Crippen molar-refractivity contribution in [1.29, 1.82) is 0 Å². The zero-order valence-electron chi connectivity index (χ0n) is 11.1. The third-order valence-corrected chi connectivity index (χ3v) is 5.40. The summed E-state index contributed by atoms with van der Waals surface area (Å²) in [5.41, 5.74) is 0.242. The number of sulfone groups is 1. The van der Waals surface area contributed by atoms with Crippen molar-refractivity contribution in [3.05, 3.63) is 64.9 Å². The molecule has 0 N–H and O–H groups in total. The Morgan fingerprint density at radius 2 is 1.76 bits per heavy atom. The van der Waals surface area contributed by atoms with E-state index in [1.54, 1.807) is 0 Å². The molecule has 0 heterocycles. The average Bonchev–Trinajstić information content (AvgIpc) is 2.46. The quantitative estimate of drug-likeness (QED) is 0.808. The van der Waals surface area contributed by atoms with Crippen LogP contribution in [0.25, 0.3) is 0 Å². The highest BCUT2D eigenvalue weighted by Crippen LogP contribution is 2.21. The second-order valence-electron chi connectivity index (χ2n) is 4.52. The first-order valence-electron chi connectivity index (χ1n) is 6.11. The number of hydrogen-bond donors (Lipinski definition) is 0. The van der Waals surface area contributed by atoms with E-state index in [2.05, 4.69) is 0 Å². The van der Waals surface area contributed by atoms with Crippen LogP contribution in [-0.4, -0.2) is 19.5 Å². The van der Waals surface area contributed by atoms with Crippen LogP contribution in [0.4, 0.5) is 4.39 Å². The van der Waals surface area contributed by atoms with Crippen molar-refractivity contribution in [1.82, 2.24) is 0 Å². The lowest BCUT2D eigenvalue weighted by Gasteiger charge is -2.12. The van der Waals surface area contributed by atoms with Crippen molar-refractivity contribution >= 4 is 27.2 Å². The summed E-state index contributed by atoms with van der Waals surface area (Å²) in [6.07, 6.45) is 0. The van der Waals surface area contributed by atoms with Crippen LogP contribution in [0.3, 0.4) is 0 Å². The van der Waals surface area contributed by atoms with E-state index in [1.165, 1.54) is 43.3 Å². The predicted octanol–water partition coefficient (Wildman–Crippen LogP) is 3.52. The molecule has 2 rings (SSSR count). The Morgan fingerprint density at radius 3 is 2.33 bits per heavy atom. The summed E-state index contributed by atoms with van der Waals surface area (Å²) in [5.74, 6) is -1.22. The normalized spacial score (nSPS) is 12.9. The number of ketones is 1. The first-order valence-corrected chi connectivity index (χ1v) is 8.04. The molecule has 0 aromatic heterocycles. The summed E-state index contributed by atoms with van der Waals surface area (Å²) in [6.45, 7) is 1.29. The molecular weight excluding hydrogens is 315 g/mol. The van der Waals surface area contributed by atoms with Crippen molar-refractivity contribution in [2.45, 2.75) is 17.1 Å². The van der Waals surface area contributed by atoms with Crippen LogP contribution in [0.5, 0.6) is 0 Å². The number of carbonyl (C=O) groups is 1. The molecule has 1 unspecified atom stereocenters. The summed E-state index contributed by atoms with van der Waals surface area (Å²) in [6, 6.07) is 10.6. The highest BCUT2D eigenvalue weighted by Gasteiger charge is 2.30. The molecular formula is C15H12ClFO3S. The minimum atomic E-state index is -3.94. The maximum absolute atomic E-state index is 13.2. The van der Waals surface area contributed by atoms with E-state index >= 15 is 0 Å². The van der Waals surface area contributed by atoms with Gasteiger partial charge in [-0.2, -0.15) is 0 Å². The Kier molecular flexibility index (Phi) is 4.44.